The topological polar surface area (TPSA) is 73.7 Å². The molecule has 9 heteroatoms. The lowest BCUT2D eigenvalue weighted by atomic mass is 9.99. The van der Waals surface area contributed by atoms with E-state index in [-0.39, 0.29) is 10.9 Å². The summed E-state index contributed by atoms with van der Waals surface area (Å²) >= 11 is 1.52. The van der Waals surface area contributed by atoms with Gasteiger partial charge in [-0.25, -0.2) is 17.8 Å². The van der Waals surface area contributed by atoms with Crippen molar-refractivity contribution in [3.8, 4) is 0 Å². The fourth-order valence-corrected chi connectivity index (χ4v) is 5.81. The molecule has 1 aromatic heterocycles. The smallest absolute Gasteiger partial charge is 0.186 e. The molecule has 0 radical (unpaired) electrons. The second-order valence-corrected chi connectivity index (χ2v) is 11.8. The molecule has 1 aliphatic rings. The summed E-state index contributed by atoms with van der Waals surface area (Å²) in [5.41, 5.74) is 0.601. The van der Waals surface area contributed by atoms with Gasteiger partial charge in [0.25, 0.3) is 0 Å². The fourth-order valence-electron chi connectivity index (χ4n) is 3.90. The molecule has 1 aliphatic heterocycles. The Morgan fingerprint density at radius 2 is 1.97 bits per heavy atom. The van der Waals surface area contributed by atoms with Gasteiger partial charge in [0.05, 0.1) is 22.2 Å². The highest BCUT2D eigenvalue weighted by molar-refractivity contribution is 7.90. The Labute approximate surface area is 182 Å². The Kier molecular flexibility index (Phi) is 6.19. The van der Waals surface area contributed by atoms with Gasteiger partial charge in [0.15, 0.2) is 15.0 Å². The second kappa shape index (κ2) is 8.09. The lowest BCUT2D eigenvalue weighted by Gasteiger charge is -2.44. The number of hydrogen-bond acceptors (Lipinski definition) is 7. The summed E-state index contributed by atoms with van der Waals surface area (Å²) in [6.07, 6.45) is 1.02. The summed E-state index contributed by atoms with van der Waals surface area (Å²) in [4.78, 5) is 9.69. The third-order valence-corrected chi connectivity index (χ3v) is 8.07. The highest BCUT2D eigenvalue weighted by Gasteiger charge is 2.33. The number of halogens is 1. The summed E-state index contributed by atoms with van der Waals surface area (Å²) in [6.45, 7) is 11.8. The molecule has 0 saturated carbocycles. The van der Waals surface area contributed by atoms with Gasteiger partial charge in [-0.3, -0.25) is 0 Å². The molecule has 1 saturated heterocycles. The monoisotopic (exact) mass is 455 g/mol. The van der Waals surface area contributed by atoms with Crippen molar-refractivity contribution < 1.29 is 17.9 Å². The molecule has 3 rings (SSSR count). The minimum atomic E-state index is -3.64. The number of nitrogens with zero attached hydrogens (tertiary/aromatic N) is 3. The summed E-state index contributed by atoms with van der Waals surface area (Å²) in [7, 11) is -3.64. The molecule has 1 N–H and O–H groups in total. The first-order valence-corrected chi connectivity index (χ1v) is 12.7. The van der Waals surface area contributed by atoms with E-state index in [1.807, 2.05) is 6.92 Å². The van der Waals surface area contributed by atoms with E-state index >= 15 is 0 Å². The van der Waals surface area contributed by atoms with Crippen LogP contribution in [-0.2, 0) is 15.4 Å². The minimum absolute atomic E-state index is 0.144. The van der Waals surface area contributed by atoms with Gasteiger partial charge >= 0.3 is 0 Å². The number of thiazole rings is 1. The highest BCUT2D eigenvalue weighted by Crippen LogP contribution is 2.37. The van der Waals surface area contributed by atoms with Crippen molar-refractivity contribution >= 4 is 32.0 Å². The third kappa shape index (κ3) is 4.63. The molecule has 0 unspecified atom stereocenters. The van der Waals surface area contributed by atoms with E-state index in [1.54, 1.807) is 19.9 Å². The first-order valence-electron chi connectivity index (χ1n) is 10.0. The van der Waals surface area contributed by atoms with Gasteiger partial charge in [0.1, 0.15) is 10.7 Å². The number of aryl methyl sites for hydroxylation is 1. The first kappa shape index (κ1) is 23.0. The molecule has 1 fully saturated rings. The van der Waals surface area contributed by atoms with Crippen LogP contribution in [0.1, 0.15) is 38.3 Å². The maximum Gasteiger partial charge on any atom is 0.186 e. The number of benzene rings is 1. The number of rotatable bonds is 5. The van der Waals surface area contributed by atoms with E-state index in [2.05, 4.69) is 23.6 Å². The molecular formula is C21H30FN3O3S2. The average Bonchev–Trinajstić information content (AvgIpc) is 3.02. The zero-order valence-electron chi connectivity index (χ0n) is 18.3. The number of aliphatic hydroxyl groups is 1. The summed E-state index contributed by atoms with van der Waals surface area (Å²) in [6, 6.07) is 4.43. The number of aromatic nitrogens is 1. The number of hydrogen-bond donors (Lipinski definition) is 1. The van der Waals surface area contributed by atoms with Crippen molar-refractivity contribution in [3.63, 3.8) is 0 Å². The van der Waals surface area contributed by atoms with E-state index < -0.39 is 21.3 Å². The first-order chi connectivity index (χ1) is 13.8. The highest BCUT2D eigenvalue weighted by atomic mass is 32.2. The maximum atomic E-state index is 14.0. The van der Waals surface area contributed by atoms with Gasteiger partial charge < -0.3 is 14.9 Å². The Bertz CT molecular complexity index is 1030. The molecular weight excluding hydrogens is 425 g/mol. The molecule has 2 aromatic rings. The maximum absolute atomic E-state index is 14.0. The van der Waals surface area contributed by atoms with Crippen molar-refractivity contribution in [2.24, 2.45) is 5.92 Å². The van der Waals surface area contributed by atoms with Crippen molar-refractivity contribution in [2.45, 2.75) is 51.2 Å². The fraction of sp³-hybridized carbons (Fsp3) is 0.571. The molecule has 0 aliphatic carbocycles. The lowest BCUT2D eigenvalue weighted by Crippen LogP contribution is -2.55. The largest absolute Gasteiger partial charge is 0.385 e. The van der Waals surface area contributed by atoms with Crippen LogP contribution in [-0.4, -0.2) is 50.4 Å². The Morgan fingerprint density at radius 1 is 1.30 bits per heavy atom. The average molecular weight is 456 g/mol. The molecule has 0 amide bonds. The van der Waals surface area contributed by atoms with Crippen LogP contribution in [0.2, 0.25) is 0 Å². The van der Waals surface area contributed by atoms with Crippen LogP contribution in [0.4, 0.5) is 15.2 Å². The van der Waals surface area contributed by atoms with Gasteiger partial charge in [-0.05, 0) is 44.9 Å². The molecule has 1 atom stereocenters. The van der Waals surface area contributed by atoms with Crippen LogP contribution in [0.15, 0.2) is 23.1 Å². The predicted molar refractivity (Wildman–Crippen MR) is 120 cm³/mol. The van der Waals surface area contributed by atoms with E-state index in [4.69, 9.17) is 4.98 Å². The molecule has 0 bridgehead atoms. The molecule has 1 aromatic carbocycles. The summed E-state index contributed by atoms with van der Waals surface area (Å²) < 4.78 is 37.9. The van der Waals surface area contributed by atoms with Crippen molar-refractivity contribution in [2.75, 3.05) is 35.7 Å². The zero-order chi connectivity index (χ0) is 22.4. The van der Waals surface area contributed by atoms with E-state index in [0.717, 1.165) is 22.0 Å². The standard InChI is InChI=1S/C21H30FN3O3S2/c1-13(2)17-12-24(15-7-8-16(22)18(11-15)30(6,27)28)9-10-25(17)20-23-14(3)19(29-20)21(4,5)26/h7-8,11,13,17,26H,9-10,12H2,1-6H3/t17-/m0/s1. The Hall–Kier alpha value is -1.71. The van der Waals surface area contributed by atoms with Crippen molar-refractivity contribution in [1.82, 2.24) is 4.98 Å². The molecule has 2 heterocycles. The summed E-state index contributed by atoms with van der Waals surface area (Å²) in [5, 5.41) is 11.3. The van der Waals surface area contributed by atoms with E-state index in [0.29, 0.717) is 31.2 Å². The van der Waals surface area contributed by atoms with E-state index in [9.17, 15) is 17.9 Å². The van der Waals surface area contributed by atoms with Crippen molar-refractivity contribution in [1.29, 1.82) is 0 Å². The SMILES string of the molecule is Cc1nc(N2CCN(c3ccc(F)c(S(C)(=O)=O)c3)C[C@H]2C(C)C)sc1C(C)(C)O. The van der Waals surface area contributed by atoms with Crippen molar-refractivity contribution in [3.05, 3.63) is 34.6 Å². The Balaban J connectivity index is 1.90. The van der Waals surface area contributed by atoms with Crippen LogP contribution in [0.3, 0.4) is 0 Å². The minimum Gasteiger partial charge on any atom is -0.385 e. The van der Waals surface area contributed by atoms with Gasteiger partial charge in [0, 0.05) is 31.6 Å². The van der Waals surface area contributed by atoms with E-state index in [1.165, 1.54) is 23.5 Å². The van der Waals surface area contributed by atoms with Gasteiger partial charge in [-0.15, -0.1) is 0 Å². The quantitative estimate of drug-likeness (QED) is 0.743. The molecule has 30 heavy (non-hydrogen) atoms. The molecule has 6 nitrogen and oxygen atoms in total. The lowest BCUT2D eigenvalue weighted by molar-refractivity contribution is 0.0817. The van der Waals surface area contributed by atoms with Crippen LogP contribution in [0.5, 0.6) is 0 Å². The second-order valence-electron chi connectivity index (χ2n) is 8.81. The predicted octanol–water partition coefficient (Wildman–Crippen LogP) is 3.57. The summed E-state index contributed by atoms with van der Waals surface area (Å²) in [5.74, 6) is -0.407. The van der Waals surface area contributed by atoms with Crippen LogP contribution < -0.4 is 9.80 Å². The van der Waals surface area contributed by atoms with Gasteiger partial charge in [-0.2, -0.15) is 0 Å². The number of anilines is 2. The normalized spacial score (nSPS) is 18.4. The van der Waals surface area contributed by atoms with Crippen LogP contribution in [0.25, 0.3) is 0 Å². The van der Waals surface area contributed by atoms with Crippen LogP contribution in [0, 0.1) is 18.7 Å². The van der Waals surface area contributed by atoms with Gasteiger partial charge in [-0.1, -0.05) is 25.2 Å². The Morgan fingerprint density at radius 3 is 2.50 bits per heavy atom. The van der Waals surface area contributed by atoms with Crippen LogP contribution >= 0.6 is 11.3 Å². The molecule has 166 valence electrons. The number of sulfone groups is 1. The molecule has 0 spiro atoms. The third-order valence-electron chi connectivity index (χ3n) is 5.45. The van der Waals surface area contributed by atoms with Gasteiger partial charge in [0.2, 0.25) is 0 Å². The number of piperazine rings is 1. The zero-order valence-corrected chi connectivity index (χ0v) is 19.9.